The number of piperidine rings is 1. The first-order chi connectivity index (χ1) is 16.3. The highest BCUT2D eigenvalue weighted by Gasteiger charge is 2.36. The van der Waals surface area contributed by atoms with Gasteiger partial charge in [0.05, 0.1) is 30.4 Å². The van der Waals surface area contributed by atoms with Crippen molar-refractivity contribution < 1.29 is 17.9 Å². The van der Waals surface area contributed by atoms with Crippen molar-refractivity contribution in [2.75, 3.05) is 26.7 Å². The number of nitriles is 1. The Morgan fingerprint density at radius 3 is 2.24 bits per heavy atom. The van der Waals surface area contributed by atoms with E-state index in [1.54, 1.807) is 30.3 Å². The Labute approximate surface area is 198 Å². The second kappa shape index (κ2) is 10.0. The van der Waals surface area contributed by atoms with Gasteiger partial charge in [0, 0.05) is 5.41 Å². The van der Waals surface area contributed by atoms with Crippen LogP contribution in [-0.2, 0) is 22.9 Å². The first kappa shape index (κ1) is 24.0. The fourth-order valence-corrected chi connectivity index (χ4v) is 4.56. The van der Waals surface area contributed by atoms with Gasteiger partial charge in [-0.15, -0.1) is 0 Å². The average molecular weight is 465 g/mol. The SMILES string of the molecule is CN1CCC(COCc2cc(-c3ccc(C#N)cc3)cc(C(F)(F)F)c2)(c2ccccc2)CC1. The summed E-state index contributed by atoms with van der Waals surface area (Å²) in [6.45, 7) is 2.44. The second-order valence-corrected chi connectivity index (χ2v) is 9.05. The molecule has 1 aliphatic heterocycles. The van der Waals surface area contributed by atoms with Crippen LogP contribution in [0.1, 0.15) is 35.1 Å². The third-order valence-corrected chi connectivity index (χ3v) is 6.64. The molecule has 1 heterocycles. The van der Waals surface area contributed by atoms with E-state index in [9.17, 15) is 13.2 Å². The maximum atomic E-state index is 13.6. The minimum absolute atomic E-state index is 0.0949. The maximum Gasteiger partial charge on any atom is 0.416 e. The van der Waals surface area contributed by atoms with E-state index < -0.39 is 11.7 Å². The third-order valence-electron chi connectivity index (χ3n) is 6.64. The van der Waals surface area contributed by atoms with Crippen LogP contribution in [0.25, 0.3) is 11.1 Å². The molecule has 4 rings (SSSR count). The normalized spacial score (nSPS) is 16.2. The largest absolute Gasteiger partial charge is 0.416 e. The molecule has 176 valence electrons. The standard InChI is InChI=1S/C28H27F3N2O/c1-33-13-11-27(12-14-33,25-5-3-2-4-6-25)20-34-19-22-15-24(17-26(16-22)28(29,30)31)23-9-7-21(18-32)8-10-23/h2-10,15-17H,11-14,19-20H2,1H3. The van der Waals surface area contributed by atoms with Crippen LogP contribution in [0.2, 0.25) is 0 Å². The van der Waals surface area contributed by atoms with Crippen molar-refractivity contribution in [3.8, 4) is 17.2 Å². The van der Waals surface area contributed by atoms with Gasteiger partial charge in [0.15, 0.2) is 0 Å². The fourth-order valence-electron chi connectivity index (χ4n) is 4.56. The summed E-state index contributed by atoms with van der Waals surface area (Å²) < 4.78 is 47.0. The van der Waals surface area contributed by atoms with Crippen LogP contribution in [0.3, 0.4) is 0 Å². The first-order valence-electron chi connectivity index (χ1n) is 11.3. The van der Waals surface area contributed by atoms with E-state index in [0.29, 0.717) is 28.9 Å². The summed E-state index contributed by atoms with van der Waals surface area (Å²) in [5.41, 5.74) is 2.38. The predicted molar refractivity (Wildman–Crippen MR) is 126 cm³/mol. The molecule has 1 aliphatic rings. The lowest BCUT2D eigenvalue weighted by atomic mass is 9.73. The van der Waals surface area contributed by atoms with Crippen molar-refractivity contribution in [1.29, 1.82) is 5.26 Å². The first-order valence-corrected chi connectivity index (χ1v) is 11.3. The van der Waals surface area contributed by atoms with Crippen LogP contribution in [0.4, 0.5) is 13.2 Å². The van der Waals surface area contributed by atoms with Crippen molar-refractivity contribution in [3.05, 3.63) is 95.1 Å². The highest BCUT2D eigenvalue weighted by atomic mass is 19.4. The molecular formula is C28H27F3N2O. The van der Waals surface area contributed by atoms with E-state index in [0.717, 1.165) is 38.1 Å². The molecule has 0 amide bonds. The quantitative estimate of drug-likeness (QED) is 0.422. The van der Waals surface area contributed by atoms with Gasteiger partial charge in [-0.3, -0.25) is 0 Å². The highest BCUT2D eigenvalue weighted by Crippen LogP contribution is 2.37. The lowest BCUT2D eigenvalue weighted by Gasteiger charge is -2.41. The summed E-state index contributed by atoms with van der Waals surface area (Å²) in [5, 5.41) is 9.00. The van der Waals surface area contributed by atoms with E-state index in [4.69, 9.17) is 10.00 Å². The molecule has 0 saturated carbocycles. The summed E-state index contributed by atoms with van der Waals surface area (Å²) >= 11 is 0. The van der Waals surface area contributed by atoms with Crippen molar-refractivity contribution in [1.82, 2.24) is 4.90 Å². The number of likely N-dealkylation sites (tertiary alicyclic amines) is 1. The summed E-state index contributed by atoms with van der Waals surface area (Å²) in [6, 6.07) is 22.9. The second-order valence-electron chi connectivity index (χ2n) is 9.05. The number of benzene rings is 3. The molecule has 0 atom stereocenters. The molecule has 0 N–H and O–H groups in total. The molecule has 0 radical (unpaired) electrons. The monoisotopic (exact) mass is 464 g/mol. The summed E-state index contributed by atoms with van der Waals surface area (Å²) in [5.74, 6) is 0. The van der Waals surface area contributed by atoms with Crippen molar-refractivity contribution in [3.63, 3.8) is 0 Å². The van der Waals surface area contributed by atoms with Gasteiger partial charge < -0.3 is 9.64 Å². The predicted octanol–water partition coefficient (Wildman–Crippen LogP) is 6.42. The van der Waals surface area contributed by atoms with Gasteiger partial charge in [-0.1, -0.05) is 42.5 Å². The number of nitrogens with zero attached hydrogens (tertiary/aromatic N) is 2. The van der Waals surface area contributed by atoms with Crippen LogP contribution >= 0.6 is 0 Å². The topological polar surface area (TPSA) is 36.3 Å². The third kappa shape index (κ3) is 5.49. The Morgan fingerprint density at radius 2 is 1.62 bits per heavy atom. The Bertz CT molecular complexity index is 1140. The maximum absolute atomic E-state index is 13.6. The van der Waals surface area contributed by atoms with Crippen molar-refractivity contribution in [2.45, 2.75) is 31.0 Å². The summed E-state index contributed by atoms with van der Waals surface area (Å²) in [6.07, 6.45) is -2.59. The van der Waals surface area contributed by atoms with Crippen LogP contribution in [0.5, 0.6) is 0 Å². The molecule has 3 aromatic carbocycles. The van der Waals surface area contributed by atoms with Crippen LogP contribution < -0.4 is 0 Å². The molecule has 6 heteroatoms. The molecule has 0 spiro atoms. The smallest absolute Gasteiger partial charge is 0.376 e. The van der Waals surface area contributed by atoms with E-state index in [-0.39, 0.29) is 12.0 Å². The Morgan fingerprint density at radius 1 is 0.941 bits per heavy atom. The molecule has 3 nitrogen and oxygen atoms in total. The van der Waals surface area contributed by atoms with E-state index in [2.05, 4.69) is 24.1 Å². The lowest BCUT2D eigenvalue weighted by molar-refractivity contribution is -0.137. The zero-order valence-electron chi connectivity index (χ0n) is 19.1. The van der Waals surface area contributed by atoms with Gasteiger partial charge in [0.2, 0.25) is 0 Å². The van der Waals surface area contributed by atoms with Gasteiger partial charge in [-0.25, -0.2) is 0 Å². The number of alkyl halides is 3. The van der Waals surface area contributed by atoms with Crippen molar-refractivity contribution >= 4 is 0 Å². The van der Waals surface area contributed by atoms with E-state index in [1.807, 2.05) is 24.3 Å². The van der Waals surface area contributed by atoms with Gasteiger partial charge in [0.25, 0.3) is 0 Å². The molecule has 34 heavy (non-hydrogen) atoms. The Balaban J connectivity index is 1.57. The molecule has 0 aliphatic carbocycles. The zero-order chi connectivity index (χ0) is 24.2. The van der Waals surface area contributed by atoms with Gasteiger partial charge in [-0.05, 0) is 85.6 Å². The highest BCUT2D eigenvalue weighted by molar-refractivity contribution is 5.66. The average Bonchev–Trinajstić information content (AvgIpc) is 2.85. The summed E-state index contributed by atoms with van der Waals surface area (Å²) in [7, 11) is 2.10. The molecule has 0 unspecified atom stereocenters. The van der Waals surface area contributed by atoms with Gasteiger partial charge >= 0.3 is 6.18 Å². The molecule has 0 bridgehead atoms. The number of hydrogen-bond donors (Lipinski definition) is 0. The van der Waals surface area contributed by atoms with E-state index >= 15 is 0 Å². The molecule has 0 aromatic heterocycles. The zero-order valence-corrected chi connectivity index (χ0v) is 19.1. The van der Waals surface area contributed by atoms with Gasteiger partial charge in [0.1, 0.15) is 0 Å². The van der Waals surface area contributed by atoms with Crippen LogP contribution in [-0.4, -0.2) is 31.6 Å². The fraction of sp³-hybridized carbons (Fsp3) is 0.321. The lowest BCUT2D eigenvalue weighted by Crippen LogP contribution is -2.43. The van der Waals surface area contributed by atoms with Crippen LogP contribution in [0.15, 0.2) is 72.8 Å². The number of halogens is 3. The minimum atomic E-state index is -4.46. The Kier molecular flexibility index (Phi) is 7.06. The molecule has 3 aromatic rings. The van der Waals surface area contributed by atoms with E-state index in [1.165, 1.54) is 5.56 Å². The molecule has 1 saturated heterocycles. The minimum Gasteiger partial charge on any atom is -0.376 e. The van der Waals surface area contributed by atoms with Crippen molar-refractivity contribution in [2.24, 2.45) is 0 Å². The van der Waals surface area contributed by atoms with Gasteiger partial charge in [-0.2, -0.15) is 18.4 Å². The number of hydrogen-bond acceptors (Lipinski definition) is 3. The van der Waals surface area contributed by atoms with Crippen LogP contribution in [0, 0.1) is 11.3 Å². The summed E-state index contributed by atoms with van der Waals surface area (Å²) in [4.78, 5) is 2.29. The number of rotatable bonds is 6. The molecular weight excluding hydrogens is 437 g/mol. The number of ether oxygens (including phenoxy) is 1. The molecule has 1 fully saturated rings. The Hall–Kier alpha value is -3.14.